The van der Waals surface area contributed by atoms with Crippen molar-refractivity contribution in [1.29, 1.82) is 0 Å². The van der Waals surface area contributed by atoms with Gasteiger partial charge in [-0.15, -0.1) is 0 Å². The van der Waals surface area contributed by atoms with Crippen molar-refractivity contribution in [3.63, 3.8) is 0 Å². The second-order valence-electron chi connectivity index (χ2n) is 14.0. The molecule has 0 amide bonds. The van der Waals surface area contributed by atoms with E-state index >= 15 is 0 Å². The van der Waals surface area contributed by atoms with Gasteiger partial charge in [-0.05, 0) is 45.0 Å². The van der Waals surface area contributed by atoms with E-state index in [0.717, 1.165) is 63.4 Å². The smallest absolute Gasteiger partial charge is 0.0811 e. The van der Waals surface area contributed by atoms with Crippen LogP contribution < -0.4 is 27.8 Å². The van der Waals surface area contributed by atoms with E-state index in [1.54, 1.807) is 0 Å². The molecule has 0 saturated heterocycles. The van der Waals surface area contributed by atoms with Gasteiger partial charge in [-0.2, -0.15) is 0 Å². The highest BCUT2D eigenvalue weighted by molar-refractivity contribution is 5.88. The summed E-state index contributed by atoms with van der Waals surface area (Å²) in [5.74, 6) is 0. The van der Waals surface area contributed by atoms with Crippen LogP contribution in [0.2, 0.25) is 0 Å². The van der Waals surface area contributed by atoms with E-state index in [1.165, 1.54) is 106 Å². The lowest BCUT2D eigenvalue weighted by Crippen LogP contribution is -2.11. The topological polar surface area (TPSA) is 102 Å². The van der Waals surface area contributed by atoms with Gasteiger partial charge in [-0.25, -0.2) is 0 Å². The van der Waals surface area contributed by atoms with Crippen molar-refractivity contribution in [1.82, 2.24) is 0 Å². The van der Waals surface area contributed by atoms with Crippen LogP contribution in [-0.2, 0) is 0 Å². The predicted molar refractivity (Wildman–Crippen MR) is 212 cm³/mol. The number of hydrogen-bond donors (Lipinski definition) is 5. The third-order valence-electron chi connectivity index (χ3n) is 10.3. The molecule has 49 heavy (non-hydrogen) atoms. The van der Waals surface area contributed by atoms with Gasteiger partial charge in [0.2, 0.25) is 0 Å². The molecule has 0 saturated carbocycles. The first kappa shape index (κ1) is 36.2. The number of benzene rings is 4. The molecule has 0 aliphatic heterocycles. The van der Waals surface area contributed by atoms with Gasteiger partial charge >= 0.3 is 0 Å². The van der Waals surface area contributed by atoms with Gasteiger partial charge in [-0.3, -0.25) is 0 Å². The fourth-order valence-corrected chi connectivity index (χ4v) is 7.56. The number of rotatable bonds is 20. The molecule has 262 valence electrons. The van der Waals surface area contributed by atoms with Crippen LogP contribution >= 0.6 is 0 Å². The molecule has 0 atom stereocenters. The molecule has 0 radical (unpaired) electrons. The van der Waals surface area contributed by atoms with Crippen LogP contribution in [0.25, 0.3) is 0 Å². The lowest BCUT2D eigenvalue weighted by atomic mass is 9.97. The zero-order valence-corrected chi connectivity index (χ0v) is 30.3. The van der Waals surface area contributed by atoms with E-state index in [2.05, 4.69) is 91.2 Å². The molecular weight excluding hydrogens is 599 g/mol. The molecule has 0 unspecified atom stereocenters. The molecule has 0 bridgehead atoms. The van der Waals surface area contributed by atoms with Crippen LogP contribution in [0.15, 0.2) is 66.7 Å². The van der Waals surface area contributed by atoms with Crippen molar-refractivity contribution < 1.29 is 0 Å². The summed E-state index contributed by atoms with van der Waals surface area (Å²) in [5.41, 5.74) is 24.3. The summed E-state index contributed by atoms with van der Waals surface area (Å²) < 4.78 is 0. The summed E-state index contributed by atoms with van der Waals surface area (Å²) in [5, 5.41) is 16.6. The maximum absolute atomic E-state index is 7.08. The minimum Gasteiger partial charge on any atom is -0.396 e. The second-order valence-corrected chi connectivity index (χ2v) is 14.0. The van der Waals surface area contributed by atoms with Crippen LogP contribution in [0.5, 0.6) is 0 Å². The summed E-state index contributed by atoms with van der Waals surface area (Å²) in [6.07, 6.45) is 20.5. The third kappa shape index (κ3) is 8.73. The Morgan fingerprint density at radius 1 is 0.388 bits per heavy atom. The number of anilines is 5. The molecule has 0 heterocycles. The van der Waals surface area contributed by atoms with E-state index < -0.39 is 0 Å². The van der Waals surface area contributed by atoms with Gasteiger partial charge in [0.1, 0.15) is 0 Å². The number of unbranched alkanes of at least 4 members (excludes halogenated alkanes) is 14. The Hall–Kier alpha value is -4.12. The molecule has 0 fully saturated rings. The summed E-state index contributed by atoms with van der Waals surface area (Å²) in [6, 6.07) is 24.0. The molecule has 4 aromatic rings. The molecule has 0 aromatic heterocycles. The van der Waals surface area contributed by atoms with Crippen molar-refractivity contribution in [2.75, 3.05) is 40.9 Å². The van der Waals surface area contributed by atoms with Gasteiger partial charge in [-0.1, -0.05) is 164 Å². The molecule has 0 spiro atoms. The Labute approximate surface area is 293 Å². The second kappa shape index (κ2) is 18.6. The first-order valence-corrected chi connectivity index (χ1v) is 19.4. The molecule has 5 heteroatoms. The third-order valence-corrected chi connectivity index (χ3v) is 10.3. The Balaban J connectivity index is 1.63. The first-order chi connectivity index (χ1) is 24.1. The minimum atomic E-state index is 0.451. The zero-order chi connectivity index (χ0) is 34.4. The molecule has 5 nitrogen and oxygen atoms in total. The van der Waals surface area contributed by atoms with Crippen molar-refractivity contribution >= 4 is 28.4 Å². The van der Waals surface area contributed by atoms with Crippen molar-refractivity contribution in [3.05, 3.63) is 108 Å². The highest BCUT2D eigenvalue weighted by Gasteiger charge is 2.16. The lowest BCUT2D eigenvalue weighted by Gasteiger charge is -2.18. The number of fused-ring (bicyclic) bond motifs is 4. The predicted octanol–water partition coefficient (Wildman–Crippen LogP) is 11.0. The first-order valence-electron chi connectivity index (χ1n) is 19.4. The average molecular weight is 660 g/mol. The largest absolute Gasteiger partial charge is 0.396 e. The fraction of sp³-hybridized carbons (Fsp3) is 0.455. The number of nitrogen functional groups attached to an aromatic ring is 3. The van der Waals surface area contributed by atoms with Crippen LogP contribution in [0.4, 0.5) is 28.4 Å². The maximum atomic E-state index is 7.08. The fourth-order valence-electron chi connectivity index (χ4n) is 7.56. The van der Waals surface area contributed by atoms with Gasteiger partial charge in [0, 0.05) is 34.4 Å². The zero-order valence-electron chi connectivity index (χ0n) is 30.3. The molecule has 4 aromatic carbocycles. The van der Waals surface area contributed by atoms with E-state index in [-0.39, 0.29) is 0 Å². The van der Waals surface area contributed by atoms with Gasteiger partial charge in [0.15, 0.2) is 0 Å². The van der Waals surface area contributed by atoms with Crippen molar-refractivity contribution in [3.8, 4) is 0 Å². The number of nitrogens with one attached hydrogen (secondary N) is 2. The molecule has 8 N–H and O–H groups in total. The van der Waals surface area contributed by atoms with Crippen LogP contribution in [-0.4, -0.2) is 13.1 Å². The SMILES string of the molecule is CCCCCCCCCCNc1cccc2/c1=c1/c(N)c(N)c(N)c(NCCCCCCCCCC)/c1=c1\cccc\c1=c1/cccc/c1=2. The van der Waals surface area contributed by atoms with E-state index in [0.29, 0.717) is 17.1 Å². The maximum Gasteiger partial charge on any atom is 0.0811 e. The normalized spacial score (nSPS) is 14.5. The summed E-state index contributed by atoms with van der Waals surface area (Å²) in [4.78, 5) is 0. The molecular formula is C44H61N5. The van der Waals surface area contributed by atoms with Gasteiger partial charge < -0.3 is 27.8 Å². The molecule has 1 aliphatic carbocycles. The summed E-state index contributed by atoms with van der Waals surface area (Å²) in [6.45, 7) is 6.29. The highest BCUT2D eigenvalue weighted by atomic mass is 14.9. The van der Waals surface area contributed by atoms with E-state index in [9.17, 15) is 0 Å². The van der Waals surface area contributed by atoms with E-state index in [4.69, 9.17) is 17.2 Å². The van der Waals surface area contributed by atoms with Crippen LogP contribution in [0, 0.1) is 41.7 Å². The number of hydrogen-bond acceptors (Lipinski definition) is 5. The van der Waals surface area contributed by atoms with Crippen LogP contribution in [0.3, 0.4) is 0 Å². The lowest BCUT2D eigenvalue weighted by molar-refractivity contribution is 0.581. The summed E-state index contributed by atoms with van der Waals surface area (Å²) in [7, 11) is 0. The summed E-state index contributed by atoms with van der Waals surface area (Å²) >= 11 is 0. The van der Waals surface area contributed by atoms with Gasteiger partial charge in [0.05, 0.1) is 22.7 Å². The minimum absolute atomic E-state index is 0.451. The molecule has 5 rings (SSSR count). The Morgan fingerprint density at radius 3 is 1.41 bits per heavy atom. The number of nitrogens with two attached hydrogens (primary N) is 3. The Morgan fingerprint density at radius 2 is 0.837 bits per heavy atom. The van der Waals surface area contributed by atoms with Crippen molar-refractivity contribution in [2.45, 2.75) is 117 Å². The standard InChI is InChI=1S/C44H61N5/c1-3-5-7-9-11-13-15-21-30-48-37-29-23-28-35-33-25-18-17-24-32(33)34-26-19-20-27-36(34)39-40(38(35)37)41(45)42(46)43(47)44(39)49-31-22-16-14-12-10-8-6-4-2/h17-20,23-29,48-49H,3-16,21-22,30-31,45-47H2,1-2H3/b34-32-,35-33-,39-36+,40-38-. The Bertz CT molecular complexity index is 2060. The van der Waals surface area contributed by atoms with Crippen LogP contribution in [0.1, 0.15) is 117 Å². The average Bonchev–Trinajstić information content (AvgIpc) is 3.12. The quantitative estimate of drug-likeness (QED) is 0.0423. The van der Waals surface area contributed by atoms with Gasteiger partial charge in [0.25, 0.3) is 0 Å². The van der Waals surface area contributed by atoms with Crippen molar-refractivity contribution in [2.24, 2.45) is 0 Å². The monoisotopic (exact) mass is 659 g/mol. The Kier molecular flexibility index (Phi) is 13.7. The highest BCUT2D eigenvalue weighted by Crippen LogP contribution is 2.36. The molecule has 1 aliphatic rings. The van der Waals surface area contributed by atoms with E-state index in [1.807, 2.05) is 0 Å².